The fraction of sp³-hybridized carbons (Fsp3) is 0.200. The van der Waals surface area contributed by atoms with Gasteiger partial charge in [-0.15, -0.1) is 11.8 Å². The van der Waals surface area contributed by atoms with Gasteiger partial charge in [-0.25, -0.2) is 4.98 Å². The normalized spacial score (nSPS) is 10.3. The molecule has 0 radical (unpaired) electrons. The number of carbonyl (C=O) groups is 1. The van der Waals surface area contributed by atoms with Crippen molar-refractivity contribution in [3.63, 3.8) is 0 Å². The van der Waals surface area contributed by atoms with Crippen LogP contribution in [0.25, 0.3) is 0 Å². The number of aryl methyl sites for hydroxylation is 2. The third-order valence-corrected chi connectivity index (χ3v) is 4.06. The van der Waals surface area contributed by atoms with E-state index in [-0.39, 0.29) is 5.91 Å². The number of hydrogen-bond acceptors (Lipinski definition) is 3. The van der Waals surface area contributed by atoms with Crippen molar-refractivity contribution < 1.29 is 4.79 Å². The van der Waals surface area contributed by atoms with Crippen LogP contribution in [-0.4, -0.2) is 16.6 Å². The molecule has 1 N–H and O–H groups in total. The lowest BCUT2D eigenvalue weighted by molar-refractivity contribution is -0.113. The van der Waals surface area contributed by atoms with E-state index in [9.17, 15) is 4.79 Å². The van der Waals surface area contributed by atoms with Gasteiger partial charge in [-0.05, 0) is 49.2 Å². The predicted octanol–water partition coefficient (Wildman–Crippen LogP) is 4.08. The molecule has 1 amide bonds. The third-order valence-electron chi connectivity index (χ3n) is 2.84. The van der Waals surface area contributed by atoms with E-state index in [1.165, 1.54) is 29.1 Å². The van der Waals surface area contributed by atoms with Crippen LogP contribution < -0.4 is 5.32 Å². The van der Waals surface area contributed by atoms with Crippen molar-refractivity contribution in [3.05, 3.63) is 52.7 Å². The Kier molecular flexibility index (Phi) is 5.04. The summed E-state index contributed by atoms with van der Waals surface area (Å²) in [5.74, 6) is 0.787. The summed E-state index contributed by atoms with van der Waals surface area (Å²) in [7, 11) is 0. The van der Waals surface area contributed by atoms with E-state index in [2.05, 4.69) is 36.3 Å². The molecular formula is C15H15ClN2OS. The van der Waals surface area contributed by atoms with Gasteiger partial charge in [0.2, 0.25) is 5.91 Å². The molecule has 0 saturated carbocycles. The highest BCUT2D eigenvalue weighted by Gasteiger charge is 2.05. The maximum Gasteiger partial charge on any atom is 0.235 e. The minimum atomic E-state index is -0.0805. The summed E-state index contributed by atoms with van der Waals surface area (Å²) in [6, 6.07) is 9.56. The Balaban J connectivity index is 1.88. The largest absolute Gasteiger partial charge is 0.310 e. The van der Waals surface area contributed by atoms with E-state index in [1.807, 2.05) is 6.07 Å². The van der Waals surface area contributed by atoms with Crippen molar-refractivity contribution in [2.75, 3.05) is 11.1 Å². The first kappa shape index (κ1) is 14.9. The number of carbonyl (C=O) groups excluding carboxylic acids is 1. The number of thioether (sulfide) groups is 1. The number of anilines is 1. The maximum atomic E-state index is 11.8. The van der Waals surface area contributed by atoms with E-state index in [0.717, 1.165) is 4.90 Å². The molecule has 0 aliphatic heterocycles. The van der Waals surface area contributed by atoms with Crippen molar-refractivity contribution in [3.8, 4) is 0 Å². The van der Waals surface area contributed by atoms with Gasteiger partial charge in [0.15, 0.2) is 0 Å². The molecule has 0 bridgehead atoms. The first-order valence-corrected chi connectivity index (χ1v) is 7.52. The van der Waals surface area contributed by atoms with E-state index >= 15 is 0 Å². The number of pyridine rings is 1. The van der Waals surface area contributed by atoms with Crippen LogP contribution in [0.1, 0.15) is 11.1 Å². The lowest BCUT2D eigenvalue weighted by Crippen LogP contribution is -2.14. The van der Waals surface area contributed by atoms with Gasteiger partial charge in [0.25, 0.3) is 0 Å². The van der Waals surface area contributed by atoms with Gasteiger partial charge in [-0.2, -0.15) is 0 Å². The molecular weight excluding hydrogens is 292 g/mol. The molecule has 0 unspecified atom stereocenters. The first-order chi connectivity index (χ1) is 9.54. The second kappa shape index (κ2) is 6.77. The molecule has 1 heterocycles. The number of rotatable bonds is 4. The molecule has 0 aliphatic carbocycles. The molecule has 2 rings (SSSR count). The highest BCUT2D eigenvalue weighted by atomic mass is 35.5. The van der Waals surface area contributed by atoms with Crippen molar-refractivity contribution in [1.29, 1.82) is 0 Å². The van der Waals surface area contributed by atoms with Crippen molar-refractivity contribution in [1.82, 2.24) is 4.98 Å². The highest BCUT2D eigenvalue weighted by molar-refractivity contribution is 8.00. The van der Waals surface area contributed by atoms with Gasteiger partial charge in [0.1, 0.15) is 5.82 Å². The van der Waals surface area contributed by atoms with Crippen LogP contribution >= 0.6 is 23.4 Å². The Morgan fingerprint density at radius 3 is 2.70 bits per heavy atom. The zero-order valence-electron chi connectivity index (χ0n) is 11.3. The van der Waals surface area contributed by atoms with E-state index < -0.39 is 0 Å². The minimum Gasteiger partial charge on any atom is -0.310 e. The smallest absolute Gasteiger partial charge is 0.235 e. The van der Waals surface area contributed by atoms with Gasteiger partial charge in [0.05, 0.1) is 10.8 Å². The van der Waals surface area contributed by atoms with E-state index in [1.54, 1.807) is 12.1 Å². The molecule has 1 aromatic heterocycles. The Labute approximate surface area is 127 Å². The topological polar surface area (TPSA) is 42.0 Å². The molecule has 0 aliphatic rings. The number of benzene rings is 1. The quantitative estimate of drug-likeness (QED) is 0.865. The van der Waals surface area contributed by atoms with E-state index in [4.69, 9.17) is 11.6 Å². The van der Waals surface area contributed by atoms with Crippen LogP contribution in [0.15, 0.2) is 41.4 Å². The lowest BCUT2D eigenvalue weighted by Gasteiger charge is -2.06. The minimum absolute atomic E-state index is 0.0805. The number of hydrogen-bond donors (Lipinski definition) is 1. The number of halogens is 1. The fourth-order valence-corrected chi connectivity index (χ4v) is 2.49. The molecule has 2 aromatic rings. The summed E-state index contributed by atoms with van der Waals surface area (Å²) >= 11 is 7.25. The molecule has 1 aromatic carbocycles. The van der Waals surface area contributed by atoms with Crippen LogP contribution in [0.3, 0.4) is 0 Å². The standard InChI is InChI=1S/C15H15ClN2OS/c1-10-3-5-13(7-11(10)2)20-9-15(19)18-14-6-4-12(16)8-17-14/h3-8H,9H2,1-2H3,(H,17,18,19). The fourth-order valence-electron chi connectivity index (χ4n) is 1.58. The first-order valence-electron chi connectivity index (χ1n) is 6.16. The average Bonchev–Trinajstić information content (AvgIpc) is 2.43. The molecule has 0 atom stereocenters. The SMILES string of the molecule is Cc1ccc(SCC(=O)Nc2ccc(Cl)cn2)cc1C. The molecule has 20 heavy (non-hydrogen) atoms. The summed E-state index contributed by atoms with van der Waals surface area (Å²) in [6.07, 6.45) is 1.51. The molecule has 5 heteroatoms. The number of nitrogens with zero attached hydrogens (tertiary/aromatic N) is 1. The Hall–Kier alpha value is -1.52. The number of nitrogens with one attached hydrogen (secondary N) is 1. The number of amides is 1. The van der Waals surface area contributed by atoms with Gasteiger partial charge >= 0.3 is 0 Å². The monoisotopic (exact) mass is 306 g/mol. The second-order valence-corrected chi connectivity index (χ2v) is 5.93. The van der Waals surface area contributed by atoms with Crippen molar-refractivity contribution in [2.24, 2.45) is 0 Å². The van der Waals surface area contributed by atoms with Gasteiger partial charge in [0, 0.05) is 11.1 Å². The summed E-state index contributed by atoms with van der Waals surface area (Å²) in [5, 5.41) is 3.28. The third kappa shape index (κ3) is 4.25. The van der Waals surface area contributed by atoms with Gasteiger partial charge in [-0.1, -0.05) is 17.7 Å². The highest BCUT2D eigenvalue weighted by Crippen LogP contribution is 2.21. The Morgan fingerprint density at radius 1 is 1.25 bits per heavy atom. The summed E-state index contributed by atoms with van der Waals surface area (Å²) in [4.78, 5) is 16.9. The average molecular weight is 307 g/mol. The van der Waals surface area contributed by atoms with Crippen LogP contribution in [0.5, 0.6) is 0 Å². The molecule has 0 spiro atoms. The summed E-state index contributed by atoms with van der Waals surface area (Å²) in [6.45, 7) is 4.14. The second-order valence-electron chi connectivity index (χ2n) is 4.44. The maximum absolute atomic E-state index is 11.8. The lowest BCUT2D eigenvalue weighted by atomic mass is 10.1. The molecule has 0 fully saturated rings. The summed E-state index contributed by atoms with van der Waals surface area (Å²) < 4.78 is 0. The Bertz CT molecular complexity index is 614. The number of aromatic nitrogens is 1. The van der Waals surface area contributed by atoms with Crippen molar-refractivity contribution in [2.45, 2.75) is 18.7 Å². The molecule has 0 saturated heterocycles. The van der Waals surface area contributed by atoms with Crippen LogP contribution in [0, 0.1) is 13.8 Å². The summed E-state index contributed by atoms with van der Waals surface area (Å²) in [5.41, 5.74) is 2.49. The van der Waals surface area contributed by atoms with Crippen LogP contribution in [0.2, 0.25) is 5.02 Å². The van der Waals surface area contributed by atoms with Crippen LogP contribution in [-0.2, 0) is 4.79 Å². The zero-order valence-corrected chi connectivity index (χ0v) is 12.9. The van der Waals surface area contributed by atoms with E-state index in [0.29, 0.717) is 16.6 Å². The van der Waals surface area contributed by atoms with Crippen molar-refractivity contribution >= 4 is 35.1 Å². The molecule has 3 nitrogen and oxygen atoms in total. The predicted molar refractivity (Wildman–Crippen MR) is 84.5 cm³/mol. The van der Waals surface area contributed by atoms with Gasteiger partial charge in [-0.3, -0.25) is 4.79 Å². The zero-order chi connectivity index (χ0) is 14.5. The molecule has 104 valence electrons. The van der Waals surface area contributed by atoms with Gasteiger partial charge < -0.3 is 5.32 Å². The van der Waals surface area contributed by atoms with Crippen LogP contribution in [0.4, 0.5) is 5.82 Å². The Morgan fingerprint density at radius 2 is 2.05 bits per heavy atom.